The molecule has 3 N–H and O–H groups in total. The molecule has 6 nitrogen and oxygen atoms in total. The number of carbonyl (C=O) groups is 2. The number of amides is 1. The van der Waals surface area contributed by atoms with Gasteiger partial charge in [-0.3, -0.25) is 9.59 Å². The largest absolute Gasteiger partial charge is 0.462 e. The summed E-state index contributed by atoms with van der Waals surface area (Å²) in [5.41, 5.74) is 0. The van der Waals surface area contributed by atoms with Gasteiger partial charge in [-0.05, 0) is 64.2 Å². The van der Waals surface area contributed by atoms with Gasteiger partial charge in [-0.1, -0.05) is 196 Å². The number of hydrogen-bond donors (Lipinski definition) is 3. The molecule has 0 aliphatic heterocycles. The summed E-state index contributed by atoms with van der Waals surface area (Å²) in [5, 5.41) is 23.5. The smallest absolute Gasteiger partial charge is 0.306 e. The standard InChI is InChI=1S/C49H85NO5/c1-4-7-10-13-16-18-20-21-22-23-24-25-26-27-28-30-33-36-39-42-49(54)55-45(40-37-34-31-15-12-9-6-3)43-48(53)50-46(44-51)47(52)41-38-35-32-29-19-17-14-11-8-5-2/h7,10,16,18,21-22,24-25,27-28,33,36,45-47,51-52H,4-6,8-9,11-15,17,19-20,23,26,29-32,34-35,37-44H2,1-3H3,(H,50,53)/b10-7-,18-16-,22-21-,25-24-,28-27-,36-33-. The second-order valence-corrected chi connectivity index (χ2v) is 15.1. The first-order chi connectivity index (χ1) is 27.0. The second-order valence-electron chi connectivity index (χ2n) is 15.1. The van der Waals surface area contributed by atoms with Crippen molar-refractivity contribution < 1.29 is 24.5 Å². The summed E-state index contributed by atoms with van der Waals surface area (Å²) in [4.78, 5) is 25.8. The molecule has 0 spiro atoms. The summed E-state index contributed by atoms with van der Waals surface area (Å²) in [7, 11) is 0. The van der Waals surface area contributed by atoms with Crippen LogP contribution in [0.4, 0.5) is 0 Å². The molecule has 0 fully saturated rings. The molecule has 0 aromatic rings. The minimum atomic E-state index is -0.798. The number of nitrogens with one attached hydrogen (secondary N) is 1. The van der Waals surface area contributed by atoms with E-state index >= 15 is 0 Å². The average Bonchev–Trinajstić information content (AvgIpc) is 3.18. The summed E-state index contributed by atoms with van der Waals surface area (Å²) in [6.45, 7) is 6.28. The molecule has 316 valence electrons. The molecule has 0 radical (unpaired) electrons. The maximum absolute atomic E-state index is 13.0. The van der Waals surface area contributed by atoms with Crippen LogP contribution in [0.5, 0.6) is 0 Å². The lowest BCUT2D eigenvalue weighted by molar-refractivity contribution is -0.150. The van der Waals surface area contributed by atoms with Crippen LogP contribution in [0.3, 0.4) is 0 Å². The van der Waals surface area contributed by atoms with Crippen molar-refractivity contribution in [2.45, 2.75) is 219 Å². The first-order valence-electron chi connectivity index (χ1n) is 22.7. The van der Waals surface area contributed by atoms with Crippen LogP contribution in [-0.2, 0) is 14.3 Å². The van der Waals surface area contributed by atoms with Gasteiger partial charge in [0, 0.05) is 6.42 Å². The summed E-state index contributed by atoms with van der Waals surface area (Å²) in [6, 6.07) is -0.714. The maximum Gasteiger partial charge on any atom is 0.306 e. The third kappa shape index (κ3) is 38.0. The van der Waals surface area contributed by atoms with Crippen molar-refractivity contribution in [3.05, 3.63) is 72.9 Å². The lowest BCUT2D eigenvalue weighted by atomic mass is 10.0. The quantitative estimate of drug-likeness (QED) is 0.0329. The third-order valence-electron chi connectivity index (χ3n) is 9.81. The molecule has 0 saturated heterocycles. The normalized spacial score (nSPS) is 14.1. The van der Waals surface area contributed by atoms with Gasteiger partial charge in [0.2, 0.25) is 5.91 Å². The van der Waals surface area contributed by atoms with E-state index in [2.05, 4.69) is 92.9 Å². The molecule has 3 unspecified atom stereocenters. The number of hydrogen-bond acceptors (Lipinski definition) is 5. The molecule has 55 heavy (non-hydrogen) atoms. The van der Waals surface area contributed by atoms with Gasteiger partial charge < -0.3 is 20.3 Å². The van der Waals surface area contributed by atoms with Crippen molar-refractivity contribution in [3.8, 4) is 0 Å². The SMILES string of the molecule is CC/C=C\C/C=C\C/C=C\C/C=C\C/C=C\C/C=C\CCC(=O)OC(CCCCCCCCC)CC(=O)NC(CO)C(O)CCCCCCCCCCCC. The van der Waals surface area contributed by atoms with Crippen molar-refractivity contribution in [1.29, 1.82) is 0 Å². The van der Waals surface area contributed by atoms with Crippen LogP contribution in [0.15, 0.2) is 72.9 Å². The Hall–Kier alpha value is -2.70. The van der Waals surface area contributed by atoms with Crippen LogP contribution in [0.1, 0.15) is 201 Å². The Morgan fingerprint density at radius 1 is 0.545 bits per heavy atom. The molecule has 0 rings (SSSR count). The molecule has 0 aliphatic carbocycles. The van der Waals surface area contributed by atoms with E-state index in [0.717, 1.165) is 77.0 Å². The number of ether oxygens (including phenoxy) is 1. The molecule has 6 heteroatoms. The zero-order chi connectivity index (χ0) is 40.3. The summed E-state index contributed by atoms with van der Waals surface area (Å²) in [5.74, 6) is -0.584. The van der Waals surface area contributed by atoms with Gasteiger partial charge in [0.25, 0.3) is 0 Å². The Kier molecular flexibility index (Phi) is 40.4. The molecule has 0 aromatic heterocycles. The van der Waals surface area contributed by atoms with Gasteiger partial charge in [0.05, 0.1) is 25.2 Å². The van der Waals surface area contributed by atoms with Gasteiger partial charge in [-0.2, -0.15) is 0 Å². The first kappa shape index (κ1) is 52.3. The molecule has 3 atom stereocenters. The molecule has 0 bridgehead atoms. The highest BCUT2D eigenvalue weighted by Crippen LogP contribution is 2.16. The van der Waals surface area contributed by atoms with E-state index < -0.39 is 18.2 Å². The number of esters is 1. The maximum atomic E-state index is 13.0. The summed E-state index contributed by atoms with van der Waals surface area (Å²) >= 11 is 0. The molecule has 0 aliphatic rings. The third-order valence-corrected chi connectivity index (χ3v) is 9.81. The van der Waals surface area contributed by atoms with Crippen LogP contribution in [0.25, 0.3) is 0 Å². The minimum absolute atomic E-state index is 0.0446. The zero-order valence-corrected chi connectivity index (χ0v) is 35.8. The van der Waals surface area contributed by atoms with E-state index in [1.807, 2.05) is 6.08 Å². The van der Waals surface area contributed by atoms with E-state index in [1.54, 1.807) is 0 Å². The lowest BCUT2D eigenvalue weighted by Gasteiger charge is -2.24. The van der Waals surface area contributed by atoms with Crippen LogP contribution in [0.2, 0.25) is 0 Å². The van der Waals surface area contributed by atoms with Crippen molar-refractivity contribution >= 4 is 11.9 Å². The Morgan fingerprint density at radius 2 is 0.945 bits per heavy atom. The van der Waals surface area contributed by atoms with E-state index in [0.29, 0.717) is 19.3 Å². The van der Waals surface area contributed by atoms with E-state index in [4.69, 9.17) is 4.74 Å². The van der Waals surface area contributed by atoms with Crippen LogP contribution in [0, 0.1) is 0 Å². The monoisotopic (exact) mass is 768 g/mol. The highest BCUT2D eigenvalue weighted by molar-refractivity contribution is 5.77. The van der Waals surface area contributed by atoms with Gasteiger partial charge in [-0.25, -0.2) is 0 Å². The Bertz CT molecular complexity index is 1040. The number of aliphatic hydroxyl groups is 2. The number of rotatable bonds is 39. The Morgan fingerprint density at radius 3 is 1.38 bits per heavy atom. The molecular formula is C49H85NO5. The molecule has 0 saturated carbocycles. The molecule has 1 amide bonds. The fraction of sp³-hybridized carbons (Fsp3) is 0.714. The predicted octanol–water partition coefficient (Wildman–Crippen LogP) is 13.1. The minimum Gasteiger partial charge on any atom is -0.462 e. The number of unbranched alkanes of at least 4 members (excludes halogenated alkanes) is 15. The first-order valence-corrected chi connectivity index (χ1v) is 22.7. The van der Waals surface area contributed by atoms with Crippen LogP contribution >= 0.6 is 0 Å². The van der Waals surface area contributed by atoms with Crippen LogP contribution < -0.4 is 5.32 Å². The fourth-order valence-electron chi connectivity index (χ4n) is 6.40. The van der Waals surface area contributed by atoms with Gasteiger partial charge in [0.1, 0.15) is 6.10 Å². The summed E-state index contributed by atoms with van der Waals surface area (Å²) < 4.78 is 5.83. The Balaban J connectivity index is 4.56. The average molecular weight is 768 g/mol. The summed E-state index contributed by atoms with van der Waals surface area (Å²) in [6.07, 6.45) is 52.7. The highest BCUT2D eigenvalue weighted by atomic mass is 16.5. The topological polar surface area (TPSA) is 95.9 Å². The zero-order valence-electron chi connectivity index (χ0n) is 35.8. The highest BCUT2D eigenvalue weighted by Gasteiger charge is 2.24. The number of aliphatic hydroxyl groups excluding tert-OH is 2. The molecule has 0 heterocycles. The van der Waals surface area contributed by atoms with E-state index in [9.17, 15) is 19.8 Å². The van der Waals surface area contributed by atoms with Gasteiger partial charge in [0.15, 0.2) is 0 Å². The molecule has 0 aromatic carbocycles. The van der Waals surface area contributed by atoms with Gasteiger partial charge >= 0.3 is 5.97 Å². The number of allylic oxidation sites excluding steroid dienone is 12. The second kappa shape index (κ2) is 42.4. The number of carbonyl (C=O) groups excluding carboxylic acids is 2. The van der Waals surface area contributed by atoms with E-state index in [-0.39, 0.29) is 31.3 Å². The van der Waals surface area contributed by atoms with Crippen molar-refractivity contribution in [2.75, 3.05) is 6.61 Å². The predicted molar refractivity (Wildman–Crippen MR) is 236 cm³/mol. The van der Waals surface area contributed by atoms with Crippen molar-refractivity contribution in [1.82, 2.24) is 5.32 Å². The van der Waals surface area contributed by atoms with Crippen molar-refractivity contribution in [3.63, 3.8) is 0 Å². The lowest BCUT2D eigenvalue weighted by Crippen LogP contribution is -2.46. The van der Waals surface area contributed by atoms with E-state index in [1.165, 1.54) is 70.6 Å². The van der Waals surface area contributed by atoms with Crippen molar-refractivity contribution in [2.24, 2.45) is 0 Å². The van der Waals surface area contributed by atoms with Crippen LogP contribution in [-0.4, -0.2) is 46.9 Å². The molecular weight excluding hydrogens is 683 g/mol. The Labute approximate surface area is 339 Å². The van der Waals surface area contributed by atoms with Gasteiger partial charge in [-0.15, -0.1) is 0 Å². The fourth-order valence-corrected chi connectivity index (χ4v) is 6.40.